The van der Waals surface area contributed by atoms with Gasteiger partial charge in [0.05, 0.1) is 25.4 Å². The maximum Gasteiger partial charge on any atom is 0.305 e. The van der Waals surface area contributed by atoms with Gasteiger partial charge in [0.2, 0.25) is 5.91 Å². The van der Waals surface area contributed by atoms with E-state index in [1.54, 1.807) is 6.08 Å². The number of hydrogen-bond acceptors (Lipinski definition) is 5. The van der Waals surface area contributed by atoms with Crippen LogP contribution >= 0.6 is 0 Å². The molecule has 0 spiro atoms. The number of nitrogens with one attached hydrogen (secondary N) is 1. The third kappa shape index (κ3) is 71.6. The molecule has 0 aliphatic heterocycles. The van der Waals surface area contributed by atoms with Crippen LogP contribution in [0, 0.1) is 0 Å². The van der Waals surface area contributed by atoms with E-state index in [0.717, 1.165) is 38.5 Å². The van der Waals surface area contributed by atoms with Gasteiger partial charge in [-0.2, -0.15) is 0 Å². The van der Waals surface area contributed by atoms with Crippen LogP contribution in [-0.2, 0) is 14.3 Å². The van der Waals surface area contributed by atoms with Gasteiger partial charge in [-0.1, -0.05) is 424 Å². The summed E-state index contributed by atoms with van der Waals surface area (Å²) in [4.78, 5) is 24.6. The van der Waals surface area contributed by atoms with Crippen LogP contribution in [0.15, 0.2) is 12.2 Å². The molecule has 506 valence electrons. The largest absolute Gasteiger partial charge is 0.466 e. The smallest absolute Gasteiger partial charge is 0.305 e. The quantitative estimate of drug-likeness (QED) is 0.0320. The number of allylic oxidation sites excluding steroid dienone is 1. The molecule has 6 nitrogen and oxygen atoms in total. The Labute approximate surface area is 533 Å². The first-order chi connectivity index (χ1) is 42.0. The molecule has 0 heterocycles. The second kappa shape index (κ2) is 75.1. The SMILES string of the molecule is CCCCCCCCCCCCCCCCCCCCCCCCC/C=C/C(O)C(CO)NC(=O)CCCCCCCCCCCCCCCCCCCCCCCCCCCCCCCCCOC(=O)CCCCCCCCCCCCCC. The molecule has 0 aromatic rings. The van der Waals surface area contributed by atoms with Gasteiger partial charge < -0.3 is 20.3 Å². The Morgan fingerprint density at radius 3 is 0.800 bits per heavy atom. The lowest BCUT2D eigenvalue weighted by molar-refractivity contribution is -0.143. The summed E-state index contributed by atoms with van der Waals surface area (Å²) in [5, 5.41) is 23.3. The number of carbonyl (C=O) groups is 2. The number of unbranched alkanes of at least 4 members (excludes halogenated alkanes) is 64. The van der Waals surface area contributed by atoms with Crippen molar-refractivity contribution in [2.24, 2.45) is 0 Å². The van der Waals surface area contributed by atoms with Gasteiger partial charge >= 0.3 is 5.97 Å². The van der Waals surface area contributed by atoms with E-state index in [1.807, 2.05) is 6.08 Å². The Morgan fingerprint density at radius 2 is 0.541 bits per heavy atom. The Bertz CT molecular complexity index is 1290. The summed E-state index contributed by atoms with van der Waals surface area (Å²) in [5.41, 5.74) is 0. The molecule has 0 saturated carbocycles. The van der Waals surface area contributed by atoms with Crippen molar-refractivity contribution in [2.75, 3.05) is 13.2 Å². The van der Waals surface area contributed by atoms with E-state index in [1.165, 1.54) is 392 Å². The first-order valence-electron chi connectivity index (χ1n) is 39.5. The predicted molar refractivity (Wildman–Crippen MR) is 375 cm³/mol. The summed E-state index contributed by atoms with van der Waals surface area (Å²) in [6.07, 6.45) is 94.8. The monoisotopic (exact) mass is 1200 g/mol. The van der Waals surface area contributed by atoms with E-state index in [4.69, 9.17) is 4.74 Å². The molecule has 0 radical (unpaired) electrons. The van der Waals surface area contributed by atoms with Gasteiger partial charge in [-0.25, -0.2) is 0 Å². The normalized spacial score (nSPS) is 12.5. The molecular weight excluding hydrogens is 1040 g/mol. The first kappa shape index (κ1) is 83.6. The van der Waals surface area contributed by atoms with E-state index in [0.29, 0.717) is 19.4 Å². The van der Waals surface area contributed by atoms with Gasteiger partial charge in [-0.05, 0) is 32.1 Å². The number of aliphatic hydroxyl groups excluding tert-OH is 2. The van der Waals surface area contributed by atoms with Gasteiger partial charge in [0.1, 0.15) is 0 Å². The summed E-state index contributed by atoms with van der Waals surface area (Å²) in [7, 11) is 0. The van der Waals surface area contributed by atoms with Gasteiger partial charge in [-0.15, -0.1) is 0 Å². The number of esters is 1. The molecule has 6 heteroatoms. The Balaban J connectivity index is 3.35. The predicted octanol–water partition coefficient (Wildman–Crippen LogP) is 25.9. The second-order valence-electron chi connectivity index (χ2n) is 27.4. The molecule has 0 rings (SSSR count). The summed E-state index contributed by atoms with van der Waals surface area (Å²) in [6.45, 7) is 4.96. The van der Waals surface area contributed by atoms with Crippen molar-refractivity contribution >= 4 is 11.9 Å². The summed E-state index contributed by atoms with van der Waals surface area (Å²) < 4.78 is 5.49. The zero-order chi connectivity index (χ0) is 61.3. The number of aliphatic hydroxyl groups is 2. The second-order valence-corrected chi connectivity index (χ2v) is 27.4. The molecule has 0 bridgehead atoms. The molecule has 0 aromatic carbocycles. The summed E-state index contributed by atoms with van der Waals surface area (Å²) in [5.74, 6) is -0.0356. The fourth-order valence-electron chi connectivity index (χ4n) is 12.8. The minimum absolute atomic E-state index is 0.0223. The zero-order valence-corrected chi connectivity index (χ0v) is 58.1. The first-order valence-corrected chi connectivity index (χ1v) is 39.5. The van der Waals surface area contributed by atoms with E-state index in [2.05, 4.69) is 19.2 Å². The van der Waals surface area contributed by atoms with Gasteiger partial charge in [0, 0.05) is 12.8 Å². The van der Waals surface area contributed by atoms with Crippen molar-refractivity contribution < 1.29 is 24.5 Å². The lowest BCUT2D eigenvalue weighted by Crippen LogP contribution is -2.45. The van der Waals surface area contributed by atoms with Crippen molar-refractivity contribution in [3.8, 4) is 0 Å². The average Bonchev–Trinajstić information content (AvgIpc) is 3.53. The molecule has 1 amide bonds. The molecular formula is C79H155NO5. The van der Waals surface area contributed by atoms with Crippen LogP contribution in [-0.4, -0.2) is 47.4 Å². The van der Waals surface area contributed by atoms with Crippen LogP contribution in [0.1, 0.15) is 457 Å². The van der Waals surface area contributed by atoms with E-state index in [9.17, 15) is 19.8 Å². The van der Waals surface area contributed by atoms with Gasteiger partial charge in [-0.3, -0.25) is 9.59 Å². The number of rotatable bonds is 75. The van der Waals surface area contributed by atoms with E-state index in [-0.39, 0.29) is 18.5 Å². The molecule has 2 atom stereocenters. The third-order valence-corrected chi connectivity index (χ3v) is 18.8. The van der Waals surface area contributed by atoms with E-state index < -0.39 is 12.1 Å². The lowest BCUT2D eigenvalue weighted by atomic mass is 10.0. The minimum atomic E-state index is -0.842. The highest BCUT2D eigenvalue weighted by molar-refractivity contribution is 5.76. The Morgan fingerprint density at radius 1 is 0.318 bits per heavy atom. The summed E-state index contributed by atoms with van der Waals surface area (Å²) in [6, 6.07) is -0.625. The van der Waals surface area contributed by atoms with Crippen molar-refractivity contribution in [3.05, 3.63) is 12.2 Å². The fraction of sp³-hybridized carbons (Fsp3) is 0.949. The highest BCUT2D eigenvalue weighted by atomic mass is 16.5. The number of carbonyl (C=O) groups excluding carboxylic acids is 2. The van der Waals surface area contributed by atoms with Gasteiger partial charge in [0.15, 0.2) is 0 Å². The Kier molecular flexibility index (Phi) is 73.8. The maximum absolute atomic E-state index is 12.6. The van der Waals surface area contributed by atoms with Crippen molar-refractivity contribution in [2.45, 2.75) is 469 Å². The lowest BCUT2D eigenvalue weighted by Gasteiger charge is -2.20. The zero-order valence-electron chi connectivity index (χ0n) is 58.1. The van der Waals surface area contributed by atoms with E-state index >= 15 is 0 Å². The highest BCUT2D eigenvalue weighted by Gasteiger charge is 2.18. The number of ether oxygens (including phenoxy) is 1. The number of hydrogen-bond donors (Lipinski definition) is 3. The maximum atomic E-state index is 12.6. The average molecular weight is 1200 g/mol. The van der Waals surface area contributed by atoms with Crippen LogP contribution in [0.2, 0.25) is 0 Å². The van der Waals surface area contributed by atoms with Crippen molar-refractivity contribution in [3.63, 3.8) is 0 Å². The fourth-order valence-corrected chi connectivity index (χ4v) is 12.8. The van der Waals surface area contributed by atoms with Crippen LogP contribution in [0.4, 0.5) is 0 Å². The molecule has 0 aliphatic carbocycles. The van der Waals surface area contributed by atoms with Crippen LogP contribution in [0.3, 0.4) is 0 Å². The number of amides is 1. The van der Waals surface area contributed by atoms with Gasteiger partial charge in [0.25, 0.3) is 0 Å². The van der Waals surface area contributed by atoms with Crippen molar-refractivity contribution in [1.29, 1.82) is 0 Å². The Hall–Kier alpha value is -1.40. The van der Waals surface area contributed by atoms with Crippen LogP contribution in [0.25, 0.3) is 0 Å². The topological polar surface area (TPSA) is 95.9 Å². The standard InChI is InChI=1S/C79H155NO5/c1-3-5-7-9-11-13-15-17-18-19-20-21-22-30-33-36-39-42-45-48-51-55-59-63-67-71-77(82)76(75-81)80-78(83)72-68-64-60-56-52-49-46-43-40-37-34-31-28-26-24-23-25-27-29-32-35-38-41-44-47-50-54-58-62-66-70-74-85-79(84)73-69-65-61-57-53-16-14-12-10-8-6-4-2/h67,71,76-77,81-82H,3-66,68-70,72-75H2,1-2H3,(H,80,83)/b71-67+. The minimum Gasteiger partial charge on any atom is -0.466 e. The summed E-state index contributed by atoms with van der Waals surface area (Å²) >= 11 is 0. The molecule has 0 saturated heterocycles. The molecule has 0 aromatic heterocycles. The third-order valence-electron chi connectivity index (χ3n) is 18.8. The molecule has 3 N–H and O–H groups in total. The van der Waals surface area contributed by atoms with Crippen molar-refractivity contribution in [1.82, 2.24) is 5.32 Å². The molecule has 0 aliphatic rings. The van der Waals surface area contributed by atoms with Crippen LogP contribution < -0.4 is 5.32 Å². The molecule has 0 fully saturated rings. The molecule has 2 unspecified atom stereocenters. The highest BCUT2D eigenvalue weighted by Crippen LogP contribution is 2.20. The van der Waals surface area contributed by atoms with Crippen LogP contribution in [0.5, 0.6) is 0 Å². The molecule has 85 heavy (non-hydrogen) atoms.